The van der Waals surface area contributed by atoms with Crippen LogP contribution in [0.3, 0.4) is 0 Å². The fourth-order valence-electron chi connectivity index (χ4n) is 4.86. The standard InChI is InChI=1S/C30H33FO3/c1-3-33-29-18-17-27(20-28(29)31)34-30(32)26-15-13-25(14-16-26)24-11-9-22(10-12-24)19-21(2)23-7-5-4-6-8-23/h4-12,17-18,20-21,25-26H,3,13-16,19H2,1-2H3. The average Bonchev–Trinajstić information content (AvgIpc) is 2.87. The number of rotatable bonds is 8. The smallest absolute Gasteiger partial charge is 0.314 e. The fraction of sp³-hybridized carbons (Fsp3) is 0.367. The molecule has 0 spiro atoms. The van der Waals surface area contributed by atoms with E-state index in [2.05, 4.69) is 61.5 Å². The van der Waals surface area contributed by atoms with E-state index in [-0.39, 0.29) is 23.4 Å². The Morgan fingerprint density at radius 3 is 2.32 bits per heavy atom. The molecule has 0 heterocycles. The maximum absolute atomic E-state index is 14.0. The summed E-state index contributed by atoms with van der Waals surface area (Å²) in [7, 11) is 0. The van der Waals surface area contributed by atoms with Crippen molar-refractivity contribution < 1.29 is 18.7 Å². The zero-order valence-corrected chi connectivity index (χ0v) is 20.0. The van der Waals surface area contributed by atoms with Gasteiger partial charge in [-0.25, -0.2) is 4.39 Å². The zero-order valence-electron chi connectivity index (χ0n) is 20.0. The van der Waals surface area contributed by atoms with E-state index in [1.807, 2.05) is 0 Å². The molecular formula is C30H33FO3. The predicted molar refractivity (Wildman–Crippen MR) is 133 cm³/mol. The van der Waals surface area contributed by atoms with Crippen LogP contribution in [0.5, 0.6) is 11.5 Å². The van der Waals surface area contributed by atoms with Crippen molar-refractivity contribution in [2.75, 3.05) is 6.61 Å². The van der Waals surface area contributed by atoms with Gasteiger partial charge in [-0.1, -0.05) is 61.5 Å². The third-order valence-corrected chi connectivity index (χ3v) is 6.84. The molecule has 1 atom stereocenters. The SMILES string of the molecule is CCOc1ccc(OC(=O)C2CCC(c3ccc(CC(C)c4ccccc4)cc3)CC2)cc1F. The summed E-state index contributed by atoms with van der Waals surface area (Å²) in [5.41, 5.74) is 4.06. The van der Waals surface area contributed by atoms with Gasteiger partial charge in [0.25, 0.3) is 0 Å². The second-order valence-corrected chi connectivity index (χ2v) is 9.25. The van der Waals surface area contributed by atoms with Crippen molar-refractivity contribution in [2.45, 2.75) is 57.8 Å². The topological polar surface area (TPSA) is 35.5 Å². The van der Waals surface area contributed by atoms with Gasteiger partial charge in [-0.2, -0.15) is 0 Å². The van der Waals surface area contributed by atoms with E-state index in [1.54, 1.807) is 13.0 Å². The van der Waals surface area contributed by atoms with Gasteiger partial charge in [0.1, 0.15) is 5.75 Å². The van der Waals surface area contributed by atoms with E-state index in [1.165, 1.54) is 28.8 Å². The molecule has 178 valence electrons. The molecule has 1 saturated carbocycles. The fourth-order valence-corrected chi connectivity index (χ4v) is 4.86. The number of benzene rings is 3. The summed E-state index contributed by atoms with van der Waals surface area (Å²) < 4.78 is 24.7. The summed E-state index contributed by atoms with van der Waals surface area (Å²) in [6.07, 6.45) is 4.51. The highest BCUT2D eigenvalue weighted by Gasteiger charge is 2.28. The highest BCUT2D eigenvalue weighted by Crippen LogP contribution is 2.37. The Kier molecular flexibility index (Phi) is 7.99. The van der Waals surface area contributed by atoms with Crippen LogP contribution in [0.2, 0.25) is 0 Å². The number of carbonyl (C=O) groups excluding carboxylic acids is 1. The van der Waals surface area contributed by atoms with Crippen LogP contribution in [0.4, 0.5) is 4.39 Å². The van der Waals surface area contributed by atoms with Crippen molar-refractivity contribution in [3.05, 3.63) is 95.3 Å². The molecule has 0 aliphatic heterocycles. The summed E-state index contributed by atoms with van der Waals surface area (Å²) >= 11 is 0. The molecule has 4 rings (SSSR count). The zero-order chi connectivity index (χ0) is 23.9. The molecule has 1 unspecified atom stereocenters. The Labute approximate surface area is 201 Å². The first-order valence-corrected chi connectivity index (χ1v) is 12.3. The quantitative estimate of drug-likeness (QED) is 0.259. The van der Waals surface area contributed by atoms with Gasteiger partial charge in [-0.3, -0.25) is 4.79 Å². The van der Waals surface area contributed by atoms with Gasteiger partial charge in [0.15, 0.2) is 11.6 Å². The summed E-state index contributed by atoms with van der Waals surface area (Å²) in [4.78, 5) is 12.6. The van der Waals surface area contributed by atoms with Crippen molar-refractivity contribution in [2.24, 2.45) is 5.92 Å². The lowest BCUT2D eigenvalue weighted by molar-refractivity contribution is -0.140. The molecule has 3 aromatic rings. The lowest BCUT2D eigenvalue weighted by atomic mass is 9.78. The summed E-state index contributed by atoms with van der Waals surface area (Å²) in [6.45, 7) is 4.45. The first-order valence-electron chi connectivity index (χ1n) is 12.3. The van der Waals surface area contributed by atoms with Crippen LogP contribution in [0.1, 0.15) is 68.1 Å². The van der Waals surface area contributed by atoms with Crippen molar-refractivity contribution in [3.63, 3.8) is 0 Å². The number of esters is 1. The van der Waals surface area contributed by atoms with Crippen molar-refractivity contribution in [1.82, 2.24) is 0 Å². The summed E-state index contributed by atoms with van der Waals surface area (Å²) in [6, 6.07) is 23.9. The molecule has 0 saturated heterocycles. The molecule has 0 aromatic heterocycles. The van der Waals surface area contributed by atoms with Crippen molar-refractivity contribution in [1.29, 1.82) is 0 Å². The average molecular weight is 461 g/mol. The maximum atomic E-state index is 14.0. The Morgan fingerprint density at radius 1 is 0.971 bits per heavy atom. The predicted octanol–water partition coefficient (Wildman–Crippen LogP) is 7.45. The number of halogens is 1. The van der Waals surface area contributed by atoms with E-state index in [9.17, 15) is 9.18 Å². The van der Waals surface area contributed by atoms with Crippen LogP contribution >= 0.6 is 0 Å². The van der Waals surface area contributed by atoms with Gasteiger partial charge in [0, 0.05) is 6.07 Å². The first kappa shape index (κ1) is 24.0. The molecule has 1 fully saturated rings. The number of hydrogen-bond donors (Lipinski definition) is 0. The van der Waals surface area contributed by atoms with Crippen LogP contribution in [0, 0.1) is 11.7 Å². The molecule has 3 nitrogen and oxygen atoms in total. The molecule has 1 aliphatic carbocycles. The largest absolute Gasteiger partial charge is 0.491 e. The lowest BCUT2D eigenvalue weighted by Crippen LogP contribution is -2.25. The normalized spacial score (nSPS) is 18.8. The first-order chi connectivity index (χ1) is 16.5. The van der Waals surface area contributed by atoms with Gasteiger partial charge < -0.3 is 9.47 Å². The van der Waals surface area contributed by atoms with Crippen LogP contribution in [0.15, 0.2) is 72.8 Å². The Morgan fingerprint density at radius 2 is 1.68 bits per heavy atom. The van der Waals surface area contributed by atoms with Crippen LogP contribution < -0.4 is 9.47 Å². The van der Waals surface area contributed by atoms with Gasteiger partial charge in [-0.15, -0.1) is 0 Å². The van der Waals surface area contributed by atoms with E-state index < -0.39 is 5.82 Å². The monoisotopic (exact) mass is 460 g/mol. The highest BCUT2D eigenvalue weighted by molar-refractivity contribution is 5.75. The van der Waals surface area contributed by atoms with Gasteiger partial charge in [0.05, 0.1) is 12.5 Å². The summed E-state index contributed by atoms with van der Waals surface area (Å²) in [5.74, 6) is 0.420. The number of carbonyl (C=O) groups is 1. The molecule has 4 heteroatoms. The third kappa shape index (κ3) is 6.05. The van der Waals surface area contributed by atoms with E-state index in [4.69, 9.17) is 9.47 Å². The second kappa shape index (κ2) is 11.3. The van der Waals surface area contributed by atoms with Gasteiger partial charge in [0.2, 0.25) is 0 Å². The van der Waals surface area contributed by atoms with Crippen molar-refractivity contribution >= 4 is 5.97 Å². The van der Waals surface area contributed by atoms with Crippen molar-refractivity contribution in [3.8, 4) is 11.5 Å². The Bertz CT molecular complexity index is 1070. The van der Waals surface area contributed by atoms with E-state index in [0.29, 0.717) is 18.4 Å². The number of hydrogen-bond acceptors (Lipinski definition) is 3. The maximum Gasteiger partial charge on any atom is 0.314 e. The lowest BCUT2D eigenvalue weighted by Gasteiger charge is -2.27. The van der Waals surface area contributed by atoms with E-state index >= 15 is 0 Å². The van der Waals surface area contributed by atoms with Crippen LogP contribution in [0.25, 0.3) is 0 Å². The van der Waals surface area contributed by atoms with Crippen LogP contribution in [-0.4, -0.2) is 12.6 Å². The van der Waals surface area contributed by atoms with Gasteiger partial charge in [-0.05, 0) is 79.7 Å². The molecular weight excluding hydrogens is 427 g/mol. The minimum absolute atomic E-state index is 0.142. The second-order valence-electron chi connectivity index (χ2n) is 9.25. The summed E-state index contributed by atoms with van der Waals surface area (Å²) in [5, 5.41) is 0. The molecule has 34 heavy (non-hydrogen) atoms. The molecule has 1 aliphatic rings. The van der Waals surface area contributed by atoms with E-state index in [0.717, 1.165) is 32.1 Å². The third-order valence-electron chi connectivity index (χ3n) is 6.84. The molecule has 0 radical (unpaired) electrons. The minimum Gasteiger partial charge on any atom is -0.491 e. The van der Waals surface area contributed by atoms with Gasteiger partial charge >= 0.3 is 5.97 Å². The van der Waals surface area contributed by atoms with Crippen LogP contribution in [-0.2, 0) is 11.2 Å². The molecule has 3 aromatic carbocycles. The highest BCUT2D eigenvalue weighted by atomic mass is 19.1. The molecule has 0 N–H and O–H groups in total. The Balaban J connectivity index is 1.28. The molecule has 0 bridgehead atoms. The number of ether oxygens (including phenoxy) is 2. The molecule has 0 amide bonds. The Hall–Kier alpha value is -3.14. The minimum atomic E-state index is -0.516.